The highest BCUT2D eigenvalue weighted by Gasteiger charge is 2.28. The lowest BCUT2D eigenvalue weighted by Crippen LogP contribution is -2.44. The molecule has 0 spiro atoms. The number of hydrogen-bond acceptors (Lipinski definition) is 5. The lowest BCUT2D eigenvalue weighted by molar-refractivity contribution is -0.147. The maximum atomic E-state index is 12.7. The van der Waals surface area contributed by atoms with E-state index in [1.807, 2.05) is 0 Å². The smallest absolute Gasteiger partial charge is 0.405 e. The third-order valence-electron chi connectivity index (χ3n) is 2.46. The summed E-state index contributed by atoms with van der Waals surface area (Å²) in [6.07, 6.45) is -4.65. The predicted octanol–water partition coefficient (Wildman–Crippen LogP) is 2.24. The molecule has 0 saturated heterocycles. The number of amides is 3. The fourth-order valence-corrected chi connectivity index (χ4v) is 2.22. The number of benzene rings is 1. The van der Waals surface area contributed by atoms with Gasteiger partial charge in [0.1, 0.15) is 12.4 Å². The molecule has 3 amide bonds. The standard InChI is InChI=1S/C14H14F4N2O4S/c15-9-1-3-10(4-2-9)25-6-5-12(22)24-7-11(21)20-13(23)19-8-14(16,17)18/h1-4H,5-8H2,(H2,19,20,21,23). The van der Waals surface area contributed by atoms with E-state index in [-0.39, 0.29) is 12.2 Å². The molecule has 2 N–H and O–H groups in total. The third-order valence-corrected chi connectivity index (χ3v) is 3.47. The molecule has 1 aromatic carbocycles. The first-order valence-electron chi connectivity index (χ1n) is 6.84. The Hall–Kier alpha value is -2.30. The maximum absolute atomic E-state index is 12.7. The molecule has 0 aliphatic carbocycles. The van der Waals surface area contributed by atoms with Crippen molar-refractivity contribution >= 4 is 29.7 Å². The average molecular weight is 382 g/mol. The molecule has 138 valence electrons. The number of alkyl halides is 3. The van der Waals surface area contributed by atoms with Crippen LogP contribution in [0.1, 0.15) is 6.42 Å². The zero-order chi connectivity index (χ0) is 18.9. The van der Waals surface area contributed by atoms with Crippen LogP contribution in [0.5, 0.6) is 0 Å². The molecule has 0 saturated carbocycles. The van der Waals surface area contributed by atoms with E-state index in [4.69, 9.17) is 0 Å². The van der Waals surface area contributed by atoms with Gasteiger partial charge in [-0.15, -0.1) is 11.8 Å². The number of nitrogens with one attached hydrogen (secondary N) is 2. The number of urea groups is 1. The fourth-order valence-electron chi connectivity index (χ4n) is 1.39. The van der Waals surface area contributed by atoms with Crippen molar-refractivity contribution in [2.45, 2.75) is 17.5 Å². The van der Waals surface area contributed by atoms with Crippen molar-refractivity contribution in [1.82, 2.24) is 10.6 Å². The number of rotatable bonds is 7. The predicted molar refractivity (Wildman–Crippen MR) is 80.3 cm³/mol. The number of ether oxygens (including phenoxy) is 1. The van der Waals surface area contributed by atoms with Gasteiger partial charge in [0, 0.05) is 10.6 Å². The molecule has 0 heterocycles. The maximum Gasteiger partial charge on any atom is 0.405 e. The summed E-state index contributed by atoms with van der Waals surface area (Å²) in [5.74, 6) is -1.84. The van der Waals surface area contributed by atoms with Crippen molar-refractivity contribution in [3.05, 3.63) is 30.1 Å². The number of imide groups is 1. The minimum atomic E-state index is -4.60. The molecule has 1 rings (SSSR count). The number of hydrogen-bond donors (Lipinski definition) is 2. The number of halogens is 4. The zero-order valence-electron chi connectivity index (χ0n) is 12.7. The van der Waals surface area contributed by atoms with Crippen molar-refractivity contribution in [2.75, 3.05) is 18.9 Å². The first-order valence-corrected chi connectivity index (χ1v) is 7.83. The van der Waals surface area contributed by atoms with Crippen molar-refractivity contribution in [2.24, 2.45) is 0 Å². The zero-order valence-corrected chi connectivity index (χ0v) is 13.5. The largest absolute Gasteiger partial charge is 0.456 e. The number of carbonyl (C=O) groups excluding carboxylic acids is 3. The Labute approximate surface area is 144 Å². The molecule has 1 aromatic rings. The van der Waals surface area contributed by atoms with E-state index in [0.717, 1.165) is 4.90 Å². The van der Waals surface area contributed by atoms with Crippen LogP contribution in [0.15, 0.2) is 29.2 Å². The topological polar surface area (TPSA) is 84.5 Å². The number of thioether (sulfide) groups is 1. The average Bonchev–Trinajstić information content (AvgIpc) is 2.52. The van der Waals surface area contributed by atoms with Crippen LogP contribution in [-0.2, 0) is 14.3 Å². The molecule has 11 heteroatoms. The molecule has 25 heavy (non-hydrogen) atoms. The molecule has 0 aromatic heterocycles. The van der Waals surface area contributed by atoms with E-state index in [0.29, 0.717) is 5.75 Å². The number of carbonyl (C=O) groups is 3. The second-order valence-corrected chi connectivity index (χ2v) is 5.73. The van der Waals surface area contributed by atoms with Gasteiger partial charge in [-0.3, -0.25) is 14.9 Å². The second-order valence-electron chi connectivity index (χ2n) is 4.56. The quantitative estimate of drug-likeness (QED) is 0.429. The van der Waals surface area contributed by atoms with Gasteiger partial charge in [-0.25, -0.2) is 9.18 Å². The van der Waals surface area contributed by atoms with Crippen LogP contribution in [0.4, 0.5) is 22.4 Å². The van der Waals surface area contributed by atoms with Crippen molar-refractivity contribution in [3.8, 4) is 0 Å². The summed E-state index contributed by atoms with van der Waals surface area (Å²) in [6, 6.07) is 4.28. The van der Waals surface area contributed by atoms with Crippen LogP contribution in [0.3, 0.4) is 0 Å². The van der Waals surface area contributed by atoms with E-state index < -0.39 is 37.2 Å². The van der Waals surface area contributed by atoms with Gasteiger partial charge in [0.15, 0.2) is 6.61 Å². The number of esters is 1. The summed E-state index contributed by atoms with van der Waals surface area (Å²) in [5, 5.41) is 3.02. The fraction of sp³-hybridized carbons (Fsp3) is 0.357. The Bertz CT molecular complexity index is 608. The van der Waals surface area contributed by atoms with Crippen LogP contribution < -0.4 is 10.6 Å². The monoisotopic (exact) mass is 382 g/mol. The van der Waals surface area contributed by atoms with E-state index in [2.05, 4.69) is 4.74 Å². The Morgan fingerprint density at radius 1 is 1.12 bits per heavy atom. The highest BCUT2D eigenvalue weighted by Crippen LogP contribution is 2.18. The molecule has 6 nitrogen and oxygen atoms in total. The first-order chi connectivity index (χ1) is 11.7. The Morgan fingerprint density at radius 3 is 2.36 bits per heavy atom. The van der Waals surface area contributed by atoms with Crippen LogP contribution >= 0.6 is 11.8 Å². The molecular weight excluding hydrogens is 368 g/mol. The summed E-state index contributed by atoms with van der Waals surface area (Å²) < 4.78 is 52.8. The lowest BCUT2D eigenvalue weighted by atomic mass is 10.4. The second kappa shape index (κ2) is 9.87. The van der Waals surface area contributed by atoms with Crippen molar-refractivity contribution in [1.29, 1.82) is 0 Å². The molecule has 0 atom stereocenters. The lowest BCUT2D eigenvalue weighted by Gasteiger charge is -2.09. The Balaban J connectivity index is 2.17. The molecule has 0 fully saturated rings. The van der Waals surface area contributed by atoms with E-state index in [9.17, 15) is 31.9 Å². The summed E-state index contributed by atoms with van der Waals surface area (Å²) in [7, 11) is 0. The summed E-state index contributed by atoms with van der Waals surface area (Å²) >= 11 is 1.27. The van der Waals surface area contributed by atoms with E-state index >= 15 is 0 Å². The molecule has 0 unspecified atom stereocenters. The highest BCUT2D eigenvalue weighted by atomic mass is 32.2. The Kier molecular flexibility index (Phi) is 8.19. The molecular formula is C14H14F4N2O4S. The first kappa shape index (κ1) is 20.7. The van der Waals surface area contributed by atoms with Gasteiger partial charge in [-0.2, -0.15) is 13.2 Å². The summed E-state index contributed by atoms with van der Waals surface area (Å²) in [5.41, 5.74) is 0. The Morgan fingerprint density at radius 2 is 1.76 bits per heavy atom. The van der Waals surface area contributed by atoms with Gasteiger partial charge in [-0.05, 0) is 24.3 Å². The molecule has 0 aliphatic heterocycles. The SMILES string of the molecule is O=C(COC(=O)CCSc1ccc(F)cc1)NC(=O)NCC(F)(F)F. The van der Waals surface area contributed by atoms with Gasteiger partial charge in [0.05, 0.1) is 6.42 Å². The van der Waals surface area contributed by atoms with Crippen molar-refractivity contribution < 1.29 is 36.7 Å². The van der Waals surface area contributed by atoms with Gasteiger partial charge in [-0.1, -0.05) is 0 Å². The molecule has 0 aliphatic rings. The normalized spacial score (nSPS) is 10.9. The molecule has 0 radical (unpaired) electrons. The highest BCUT2D eigenvalue weighted by molar-refractivity contribution is 7.99. The van der Waals surface area contributed by atoms with Gasteiger partial charge in [0.25, 0.3) is 5.91 Å². The van der Waals surface area contributed by atoms with Crippen LogP contribution in [-0.4, -0.2) is 43.0 Å². The summed E-state index contributed by atoms with van der Waals surface area (Å²) in [6.45, 7) is -2.38. The van der Waals surface area contributed by atoms with Gasteiger partial charge in [0.2, 0.25) is 0 Å². The van der Waals surface area contributed by atoms with Gasteiger partial charge >= 0.3 is 18.2 Å². The minimum absolute atomic E-state index is 0.0460. The summed E-state index contributed by atoms with van der Waals surface area (Å²) in [4.78, 5) is 34.4. The van der Waals surface area contributed by atoms with Crippen LogP contribution in [0.25, 0.3) is 0 Å². The van der Waals surface area contributed by atoms with E-state index in [1.165, 1.54) is 29.2 Å². The molecule has 0 bridgehead atoms. The minimum Gasteiger partial charge on any atom is -0.456 e. The van der Waals surface area contributed by atoms with E-state index in [1.54, 1.807) is 17.4 Å². The van der Waals surface area contributed by atoms with Gasteiger partial charge < -0.3 is 10.1 Å². The third kappa shape index (κ3) is 10.2. The van der Waals surface area contributed by atoms with Crippen LogP contribution in [0.2, 0.25) is 0 Å². The van der Waals surface area contributed by atoms with Crippen molar-refractivity contribution in [3.63, 3.8) is 0 Å². The van der Waals surface area contributed by atoms with Crippen LogP contribution in [0, 0.1) is 5.82 Å².